The molecular formula is C23H18N2O3. The molecule has 0 spiro atoms. The first-order chi connectivity index (χ1) is 13.7. The smallest absolute Gasteiger partial charge is 0.337 e. The highest BCUT2D eigenvalue weighted by atomic mass is 16.5. The van der Waals surface area contributed by atoms with E-state index in [0.29, 0.717) is 23.5 Å². The van der Waals surface area contributed by atoms with Crippen LogP contribution in [0.2, 0.25) is 0 Å². The number of hydrogen-bond acceptors (Lipinski definition) is 3. The first-order valence-corrected chi connectivity index (χ1v) is 8.86. The lowest BCUT2D eigenvalue weighted by molar-refractivity contribution is 0.0699. The van der Waals surface area contributed by atoms with Crippen LogP contribution in [0.5, 0.6) is 5.75 Å². The number of nitrogens with one attached hydrogen (secondary N) is 1. The first-order valence-electron chi connectivity index (χ1n) is 8.86. The molecule has 0 unspecified atom stereocenters. The number of para-hydroxylation sites is 1. The van der Waals surface area contributed by atoms with Gasteiger partial charge in [0, 0.05) is 0 Å². The topological polar surface area (TPSA) is 75.2 Å². The van der Waals surface area contributed by atoms with E-state index in [4.69, 9.17) is 4.74 Å². The highest BCUT2D eigenvalue weighted by Gasteiger charge is 2.11. The highest BCUT2D eigenvalue weighted by Crippen LogP contribution is 2.19. The highest BCUT2D eigenvalue weighted by molar-refractivity contribution is 6.01. The number of carbonyl (C=O) groups is 1. The molecule has 0 radical (unpaired) electrons. The second kappa shape index (κ2) is 7.80. The van der Waals surface area contributed by atoms with Crippen molar-refractivity contribution in [3.05, 3.63) is 95.3 Å². The number of carboxylic acid groups (broad SMARTS) is 1. The predicted octanol–water partition coefficient (Wildman–Crippen LogP) is 5.01. The minimum absolute atomic E-state index is 0.188. The average Bonchev–Trinajstić information content (AvgIpc) is 3.15. The van der Waals surface area contributed by atoms with Crippen molar-refractivity contribution >= 4 is 29.2 Å². The normalized spacial score (nSPS) is 11.1. The van der Waals surface area contributed by atoms with Gasteiger partial charge in [-0.05, 0) is 41.5 Å². The van der Waals surface area contributed by atoms with E-state index in [0.717, 1.165) is 16.9 Å². The van der Waals surface area contributed by atoms with Crippen LogP contribution >= 0.6 is 0 Å². The van der Waals surface area contributed by atoms with Crippen LogP contribution in [0, 0.1) is 0 Å². The Morgan fingerprint density at radius 1 is 0.964 bits per heavy atom. The second-order valence-electron chi connectivity index (χ2n) is 6.31. The van der Waals surface area contributed by atoms with Crippen LogP contribution in [0.25, 0.3) is 23.2 Å². The standard InChI is InChI=1S/C23H18N2O3/c26-23(27)19-7-4-8-20-22(19)25-21(24-20)14-11-16-9-12-18(13-10-16)28-15-17-5-2-1-3-6-17/h1-14H,15H2,(H,24,25)(H,26,27)/b14-11+. The zero-order valence-corrected chi connectivity index (χ0v) is 15.0. The van der Waals surface area contributed by atoms with Gasteiger partial charge in [0.25, 0.3) is 0 Å². The summed E-state index contributed by atoms with van der Waals surface area (Å²) < 4.78 is 5.79. The molecule has 0 fully saturated rings. The Balaban J connectivity index is 1.45. The maximum absolute atomic E-state index is 11.3. The monoisotopic (exact) mass is 370 g/mol. The minimum atomic E-state index is -0.987. The van der Waals surface area contributed by atoms with Crippen LogP contribution in [0.1, 0.15) is 27.3 Å². The molecule has 0 aliphatic rings. The van der Waals surface area contributed by atoms with Gasteiger partial charge in [-0.15, -0.1) is 0 Å². The molecule has 0 bridgehead atoms. The van der Waals surface area contributed by atoms with Gasteiger partial charge in [0.05, 0.1) is 11.1 Å². The molecule has 1 aromatic heterocycles. The molecule has 0 saturated carbocycles. The van der Waals surface area contributed by atoms with Crippen molar-refractivity contribution in [3.8, 4) is 5.75 Å². The maximum Gasteiger partial charge on any atom is 0.337 e. The van der Waals surface area contributed by atoms with E-state index in [1.807, 2.05) is 72.8 Å². The molecule has 0 aliphatic heterocycles. The average molecular weight is 370 g/mol. The van der Waals surface area contributed by atoms with Gasteiger partial charge < -0.3 is 14.8 Å². The SMILES string of the molecule is O=C(O)c1cccc2[nH]c(/C=C/c3ccc(OCc4ccccc4)cc3)nc12. The molecule has 0 saturated heterocycles. The molecule has 5 nitrogen and oxygen atoms in total. The van der Waals surface area contributed by atoms with Crippen LogP contribution in [0.3, 0.4) is 0 Å². The third-order valence-electron chi connectivity index (χ3n) is 4.32. The van der Waals surface area contributed by atoms with Crippen LogP contribution in [-0.4, -0.2) is 21.0 Å². The Hall–Kier alpha value is -3.86. The van der Waals surface area contributed by atoms with Crippen molar-refractivity contribution in [1.82, 2.24) is 9.97 Å². The van der Waals surface area contributed by atoms with Crippen molar-refractivity contribution in [3.63, 3.8) is 0 Å². The fourth-order valence-corrected chi connectivity index (χ4v) is 2.89. The molecule has 4 rings (SSSR count). The van der Waals surface area contributed by atoms with E-state index in [-0.39, 0.29) is 5.56 Å². The molecule has 3 aromatic carbocycles. The molecular weight excluding hydrogens is 352 g/mol. The van der Waals surface area contributed by atoms with E-state index >= 15 is 0 Å². The van der Waals surface area contributed by atoms with E-state index in [2.05, 4.69) is 9.97 Å². The van der Waals surface area contributed by atoms with Crippen LogP contribution in [0.4, 0.5) is 0 Å². The Labute approximate surface area is 161 Å². The number of aromatic nitrogens is 2. The number of hydrogen-bond donors (Lipinski definition) is 2. The molecule has 0 atom stereocenters. The number of rotatable bonds is 6. The number of H-pyrrole nitrogens is 1. The molecule has 2 N–H and O–H groups in total. The van der Waals surface area contributed by atoms with Crippen molar-refractivity contribution in [2.75, 3.05) is 0 Å². The van der Waals surface area contributed by atoms with E-state index in [1.165, 1.54) is 0 Å². The van der Waals surface area contributed by atoms with E-state index in [1.54, 1.807) is 12.1 Å². The summed E-state index contributed by atoms with van der Waals surface area (Å²) in [6.45, 7) is 0.529. The lowest BCUT2D eigenvalue weighted by atomic mass is 10.2. The third-order valence-corrected chi connectivity index (χ3v) is 4.32. The van der Waals surface area contributed by atoms with Crippen molar-refractivity contribution in [2.45, 2.75) is 6.61 Å². The summed E-state index contributed by atoms with van der Waals surface area (Å²) in [5.74, 6) is 0.419. The third kappa shape index (κ3) is 3.94. The molecule has 5 heteroatoms. The Morgan fingerprint density at radius 3 is 2.50 bits per heavy atom. The predicted molar refractivity (Wildman–Crippen MR) is 109 cm³/mol. The van der Waals surface area contributed by atoms with Crippen molar-refractivity contribution < 1.29 is 14.6 Å². The Morgan fingerprint density at radius 2 is 1.75 bits per heavy atom. The summed E-state index contributed by atoms with van der Waals surface area (Å²) in [5.41, 5.74) is 3.46. The largest absolute Gasteiger partial charge is 0.489 e. The Bertz CT molecular complexity index is 1130. The van der Waals surface area contributed by atoms with E-state index in [9.17, 15) is 9.90 Å². The molecule has 4 aromatic rings. The number of fused-ring (bicyclic) bond motifs is 1. The summed E-state index contributed by atoms with van der Waals surface area (Å²) in [7, 11) is 0. The molecule has 28 heavy (non-hydrogen) atoms. The lowest BCUT2D eigenvalue weighted by Gasteiger charge is -2.06. The molecule has 1 heterocycles. The summed E-state index contributed by atoms with van der Waals surface area (Å²) in [4.78, 5) is 18.8. The lowest BCUT2D eigenvalue weighted by Crippen LogP contribution is -1.96. The van der Waals surface area contributed by atoms with E-state index < -0.39 is 5.97 Å². The van der Waals surface area contributed by atoms with Gasteiger partial charge in [0.2, 0.25) is 0 Å². The fourth-order valence-electron chi connectivity index (χ4n) is 2.89. The fraction of sp³-hybridized carbons (Fsp3) is 0.0435. The van der Waals surface area contributed by atoms with Gasteiger partial charge in [-0.2, -0.15) is 0 Å². The van der Waals surface area contributed by atoms with Crippen molar-refractivity contribution in [2.24, 2.45) is 0 Å². The molecule has 138 valence electrons. The zero-order chi connectivity index (χ0) is 19.3. The van der Waals surface area contributed by atoms with Crippen LogP contribution in [-0.2, 0) is 6.61 Å². The quantitative estimate of drug-likeness (QED) is 0.500. The number of benzene rings is 3. The molecule has 0 amide bonds. The number of nitrogens with zero attached hydrogens (tertiary/aromatic N) is 1. The van der Waals surface area contributed by atoms with Gasteiger partial charge in [0.15, 0.2) is 0 Å². The van der Waals surface area contributed by atoms with Gasteiger partial charge in [-0.25, -0.2) is 9.78 Å². The van der Waals surface area contributed by atoms with Gasteiger partial charge in [-0.1, -0.05) is 54.6 Å². The van der Waals surface area contributed by atoms with Gasteiger partial charge >= 0.3 is 5.97 Å². The van der Waals surface area contributed by atoms with Crippen LogP contribution in [0.15, 0.2) is 72.8 Å². The summed E-state index contributed by atoms with van der Waals surface area (Å²) in [6, 6.07) is 22.8. The number of aromatic amines is 1. The number of aromatic carboxylic acids is 1. The first kappa shape index (κ1) is 17.5. The maximum atomic E-state index is 11.3. The molecule has 0 aliphatic carbocycles. The summed E-state index contributed by atoms with van der Waals surface area (Å²) in [5, 5.41) is 9.26. The zero-order valence-electron chi connectivity index (χ0n) is 15.0. The number of imidazole rings is 1. The van der Waals surface area contributed by atoms with Crippen molar-refractivity contribution in [1.29, 1.82) is 0 Å². The summed E-state index contributed by atoms with van der Waals surface area (Å²) in [6.07, 6.45) is 3.74. The van der Waals surface area contributed by atoms with Gasteiger partial charge in [0.1, 0.15) is 23.7 Å². The minimum Gasteiger partial charge on any atom is -0.489 e. The second-order valence-corrected chi connectivity index (χ2v) is 6.31. The number of ether oxygens (including phenoxy) is 1. The van der Waals surface area contributed by atoms with Gasteiger partial charge in [-0.3, -0.25) is 0 Å². The Kier molecular flexibility index (Phi) is 4.89. The number of carboxylic acids is 1. The van der Waals surface area contributed by atoms with Crippen LogP contribution < -0.4 is 4.74 Å². The summed E-state index contributed by atoms with van der Waals surface area (Å²) >= 11 is 0.